The molecule has 0 saturated carbocycles. The number of hydrogen-bond donors (Lipinski definition) is 1. The van der Waals surface area contributed by atoms with Gasteiger partial charge < -0.3 is 14.7 Å². The van der Waals surface area contributed by atoms with Crippen LogP contribution in [0.1, 0.15) is 27.6 Å². The third kappa shape index (κ3) is 5.01. The highest BCUT2D eigenvalue weighted by Gasteiger charge is 2.17. The SMILES string of the molecule is Cc1noc(C)c1CN(C)C(=O)Cc1csc(NC(=O)Cc2cccs2)n1. The molecule has 0 saturated heterocycles. The van der Waals surface area contributed by atoms with Crippen molar-refractivity contribution in [3.05, 3.63) is 50.5 Å². The second kappa shape index (κ2) is 8.45. The zero-order valence-electron chi connectivity index (χ0n) is 15.3. The molecule has 0 aromatic carbocycles. The van der Waals surface area contributed by atoms with Crippen LogP contribution in [0, 0.1) is 13.8 Å². The highest BCUT2D eigenvalue weighted by molar-refractivity contribution is 7.14. The number of nitrogens with one attached hydrogen (secondary N) is 1. The van der Waals surface area contributed by atoms with Gasteiger partial charge in [0.05, 0.1) is 30.8 Å². The highest BCUT2D eigenvalue weighted by Crippen LogP contribution is 2.19. The Bertz CT molecular complexity index is 911. The fourth-order valence-corrected chi connectivity index (χ4v) is 3.95. The van der Waals surface area contributed by atoms with Crippen LogP contribution in [0.15, 0.2) is 27.4 Å². The first kappa shape index (κ1) is 19.2. The molecule has 0 aliphatic rings. The van der Waals surface area contributed by atoms with Crippen molar-refractivity contribution in [3.63, 3.8) is 0 Å². The molecule has 0 unspecified atom stereocenters. The summed E-state index contributed by atoms with van der Waals surface area (Å²) in [7, 11) is 1.74. The minimum atomic E-state index is -0.111. The second-order valence-corrected chi connectivity index (χ2v) is 8.07. The van der Waals surface area contributed by atoms with Gasteiger partial charge >= 0.3 is 0 Å². The lowest BCUT2D eigenvalue weighted by Gasteiger charge is -2.16. The Morgan fingerprint density at radius 3 is 2.74 bits per heavy atom. The summed E-state index contributed by atoms with van der Waals surface area (Å²) in [5.41, 5.74) is 2.35. The summed E-state index contributed by atoms with van der Waals surface area (Å²) in [6.07, 6.45) is 0.503. The lowest BCUT2D eigenvalue weighted by atomic mass is 10.2. The number of anilines is 1. The largest absolute Gasteiger partial charge is 0.361 e. The van der Waals surface area contributed by atoms with Crippen molar-refractivity contribution in [3.8, 4) is 0 Å². The highest BCUT2D eigenvalue weighted by atomic mass is 32.1. The number of nitrogens with zero attached hydrogens (tertiary/aromatic N) is 3. The maximum atomic E-state index is 12.5. The topological polar surface area (TPSA) is 88.3 Å². The molecule has 1 N–H and O–H groups in total. The lowest BCUT2D eigenvalue weighted by Crippen LogP contribution is -2.28. The van der Waals surface area contributed by atoms with Gasteiger partial charge in [-0.05, 0) is 25.3 Å². The molecule has 0 aliphatic heterocycles. The van der Waals surface area contributed by atoms with Gasteiger partial charge in [0.25, 0.3) is 0 Å². The molecule has 3 rings (SSSR count). The van der Waals surface area contributed by atoms with Crippen LogP contribution in [0.2, 0.25) is 0 Å². The van der Waals surface area contributed by atoms with E-state index >= 15 is 0 Å². The summed E-state index contributed by atoms with van der Waals surface area (Å²) < 4.78 is 5.13. The van der Waals surface area contributed by atoms with Crippen LogP contribution in [0.5, 0.6) is 0 Å². The predicted molar refractivity (Wildman–Crippen MR) is 105 cm³/mol. The first-order valence-electron chi connectivity index (χ1n) is 8.34. The monoisotopic (exact) mass is 404 g/mol. The van der Waals surface area contributed by atoms with E-state index in [-0.39, 0.29) is 18.2 Å². The molecule has 3 heterocycles. The average Bonchev–Trinajstić information content (AvgIpc) is 3.34. The van der Waals surface area contributed by atoms with Gasteiger partial charge in [-0.2, -0.15) is 0 Å². The van der Waals surface area contributed by atoms with Crippen molar-refractivity contribution in [2.24, 2.45) is 0 Å². The molecule has 0 bridgehead atoms. The van der Waals surface area contributed by atoms with Crippen LogP contribution in [0.4, 0.5) is 5.13 Å². The zero-order chi connectivity index (χ0) is 19.4. The van der Waals surface area contributed by atoms with Crippen molar-refractivity contribution in [2.75, 3.05) is 12.4 Å². The molecule has 9 heteroatoms. The van der Waals surface area contributed by atoms with E-state index in [1.807, 2.05) is 31.4 Å². The summed E-state index contributed by atoms with van der Waals surface area (Å²) in [5, 5.41) is 10.9. The molecule has 0 radical (unpaired) electrons. The van der Waals surface area contributed by atoms with E-state index in [0.717, 1.165) is 21.9 Å². The molecule has 0 atom stereocenters. The minimum absolute atomic E-state index is 0.0586. The van der Waals surface area contributed by atoms with Crippen LogP contribution >= 0.6 is 22.7 Å². The number of carbonyl (C=O) groups excluding carboxylic acids is 2. The molecule has 3 aromatic rings. The fraction of sp³-hybridized carbons (Fsp3) is 0.333. The fourth-order valence-electron chi connectivity index (χ4n) is 2.52. The Labute approximate surface area is 165 Å². The quantitative estimate of drug-likeness (QED) is 0.653. The molecular weight excluding hydrogens is 384 g/mol. The maximum Gasteiger partial charge on any atom is 0.231 e. The molecule has 7 nitrogen and oxygen atoms in total. The summed E-state index contributed by atoms with van der Waals surface area (Å²) in [4.78, 5) is 31.5. The number of rotatable bonds is 7. The van der Waals surface area contributed by atoms with Crippen molar-refractivity contribution >= 4 is 39.6 Å². The van der Waals surface area contributed by atoms with E-state index in [0.29, 0.717) is 23.8 Å². The number of amides is 2. The molecular formula is C18H20N4O3S2. The smallest absolute Gasteiger partial charge is 0.231 e. The number of thiophene rings is 1. The molecule has 27 heavy (non-hydrogen) atoms. The zero-order valence-corrected chi connectivity index (χ0v) is 16.9. The van der Waals surface area contributed by atoms with Crippen molar-refractivity contribution in [1.29, 1.82) is 0 Å². The van der Waals surface area contributed by atoms with Crippen LogP contribution in [-0.2, 0) is 29.0 Å². The van der Waals surface area contributed by atoms with Gasteiger partial charge in [-0.1, -0.05) is 11.2 Å². The van der Waals surface area contributed by atoms with Crippen LogP contribution < -0.4 is 5.32 Å². The average molecular weight is 405 g/mol. The Balaban J connectivity index is 1.53. The number of carbonyl (C=O) groups is 2. The number of aromatic nitrogens is 2. The van der Waals surface area contributed by atoms with E-state index in [1.54, 1.807) is 28.7 Å². The Hall–Kier alpha value is -2.52. The lowest BCUT2D eigenvalue weighted by molar-refractivity contribution is -0.129. The molecule has 2 amide bonds. The van der Waals surface area contributed by atoms with Gasteiger partial charge in [0.2, 0.25) is 11.8 Å². The van der Waals surface area contributed by atoms with Gasteiger partial charge in [0, 0.05) is 22.9 Å². The first-order chi connectivity index (χ1) is 12.9. The number of aryl methyl sites for hydroxylation is 2. The van der Waals surface area contributed by atoms with Gasteiger partial charge in [0.15, 0.2) is 5.13 Å². The van der Waals surface area contributed by atoms with Crippen LogP contribution in [0.3, 0.4) is 0 Å². The van der Waals surface area contributed by atoms with Crippen molar-refractivity contribution in [1.82, 2.24) is 15.0 Å². The third-order valence-corrected chi connectivity index (χ3v) is 5.73. The van der Waals surface area contributed by atoms with E-state index in [1.165, 1.54) is 11.3 Å². The summed E-state index contributed by atoms with van der Waals surface area (Å²) >= 11 is 2.86. The summed E-state index contributed by atoms with van der Waals surface area (Å²) in [6, 6.07) is 3.84. The third-order valence-electron chi connectivity index (χ3n) is 4.05. The summed E-state index contributed by atoms with van der Waals surface area (Å²) in [6.45, 7) is 4.13. The molecule has 0 aliphatic carbocycles. The molecule has 0 spiro atoms. The van der Waals surface area contributed by atoms with Gasteiger partial charge in [-0.15, -0.1) is 22.7 Å². The number of likely N-dealkylation sites (N-methyl/N-ethyl adjacent to an activating group) is 1. The number of thiazole rings is 1. The predicted octanol–water partition coefficient (Wildman–Crippen LogP) is 3.19. The van der Waals surface area contributed by atoms with E-state index in [2.05, 4.69) is 15.5 Å². The van der Waals surface area contributed by atoms with E-state index in [4.69, 9.17) is 4.52 Å². The molecule has 0 fully saturated rings. The van der Waals surface area contributed by atoms with Crippen molar-refractivity contribution < 1.29 is 14.1 Å². The normalized spacial score (nSPS) is 10.8. The standard InChI is InChI=1S/C18H20N4O3S2/c1-11-15(12(2)25-21-11)9-22(3)17(24)7-13-10-27-18(19-13)20-16(23)8-14-5-4-6-26-14/h4-6,10H,7-9H2,1-3H3,(H,19,20,23). The van der Waals surface area contributed by atoms with Gasteiger partial charge in [-0.3, -0.25) is 9.59 Å². The first-order valence-corrected chi connectivity index (χ1v) is 10.1. The Morgan fingerprint density at radius 1 is 1.26 bits per heavy atom. The molecule has 3 aromatic heterocycles. The van der Waals surface area contributed by atoms with Crippen LogP contribution in [0.25, 0.3) is 0 Å². The van der Waals surface area contributed by atoms with E-state index in [9.17, 15) is 9.59 Å². The minimum Gasteiger partial charge on any atom is -0.361 e. The second-order valence-electron chi connectivity index (χ2n) is 6.18. The Morgan fingerprint density at radius 2 is 2.07 bits per heavy atom. The van der Waals surface area contributed by atoms with Gasteiger partial charge in [-0.25, -0.2) is 4.98 Å². The maximum absolute atomic E-state index is 12.5. The Kier molecular flexibility index (Phi) is 6.02. The van der Waals surface area contributed by atoms with Crippen LogP contribution in [-0.4, -0.2) is 33.9 Å². The van der Waals surface area contributed by atoms with Crippen molar-refractivity contribution in [2.45, 2.75) is 33.2 Å². The summed E-state index contributed by atoms with van der Waals surface area (Å²) in [5.74, 6) is 0.550. The van der Waals surface area contributed by atoms with Gasteiger partial charge in [0.1, 0.15) is 5.76 Å². The molecule has 142 valence electrons. The number of hydrogen-bond acceptors (Lipinski definition) is 7. The van der Waals surface area contributed by atoms with E-state index < -0.39 is 0 Å².